The van der Waals surface area contributed by atoms with E-state index >= 15 is 0 Å². The molecule has 0 radical (unpaired) electrons. The molecule has 0 aliphatic heterocycles. The first-order valence-corrected chi connectivity index (χ1v) is 10.7. The van der Waals surface area contributed by atoms with E-state index in [9.17, 15) is 13.2 Å². The molecular formula is C21H19ClN2O5S. The van der Waals surface area contributed by atoms with Gasteiger partial charge in [-0.3, -0.25) is 4.72 Å². The van der Waals surface area contributed by atoms with Crippen LogP contribution in [0.1, 0.15) is 0 Å². The zero-order valence-electron chi connectivity index (χ0n) is 15.9. The minimum absolute atomic E-state index is 0.00573. The molecular weight excluding hydrogens is 428 g/mol. The number of rotatable bonds is 8. The number of anilines is 3. The van der Waals surface area contributed by atoms with Gasteiger partial charge < -0.3 is 14.7 Å². The Bertz CT molecular complexity index is 1150. The molecule has 0 amide bonds. The largest absolute Gasteiger partial charge is 0.480 e. The van der Waals surface area contributed by atoms with Crippen LogP contribution in [0.2, 0.25) is 5.02 Å². The second-order valence-corrected chi connectivity index (χ2v) is 8.38. The van der Waals surface area contributed by atoms with Gasteiger partial charge in [0.1, 0.15) is 5.75 Å². The second-order valence-electron chi connectivity index (χ2n) is 6.29. The van der Waals surface area contributed by atoms with Crippen molar-refractivity contribution in [2.45, 2.75) is 4.90 Å². The smallest absolute Gasteiger partial charge is 0.341 e. The fraction of sp³-hybridized carbons (Fsp3) is 0.0952. The SMILES string of the molecule is CN(c1ccccc1)c1ccccc1NS(=O)(=O)c1ccc(OCC(=O)O)c(Cl)c1. The maximum absolute atomic E-state index is 12.9. The Morgan fingerprint density at radius 1 is 1.07 bits per heavy atom. The highest BCUT2D eigenvalue weighted by Gasteiger charge is 2.19. The van der Waals surface area contributed by atoms with Crippen LogP contribution in [0, 0.1) is 0 Å². The van der Waals surface area contributed by atoms with Crippen LogP contribution in [0.3, 0.4) is 0 Å². The number of para-hydroxylation sites is 3. The third-order valence-corrected chi connectivity index (χ3v) is 5.88. The van der Waals surface area contributed by atoms with Crippen molar-refractivity contribution in [3.63, 3.8) is 0 Å². The minimum atomic E-state index is -3.96. The Hall–Kier alpha value is -3.23. The lowest BCUT2D eigenvalue weighted by Crippen LogP contribution is -2.17. The van der Waals surface area contributed by atoms with Crippen LogP contribution in [0.15, 0.2) is 77.7 Å². The molecule has 0 atom stereocenters. The van der Waals surface area contributed by atoms with E-state index in [0.717, 1.165) is 5.69 Å². The van der Waals surface area contributed by atoms with E-state index < -0.39 is 22.6 Å². The third-order valence-electron chi connectivity index (χ3n) is 4.22. The van der Waals surface area contributed by atoms with E-state index in [4.69, 9.17) is 21.4 Å². The lowest BCUT2D eigenvalue weighted by atomic mass is 10.2. The predicted molar refractivity (Wildman–Crippen MR) is 116 cm³/mol. The van der Waals surface area contributed by atoms with Crippen LogP contribution in [0.25, 0.3) is 0 Å². The first-order valence-electron chi connectivity index (χ1n) is 8.83. The topological polar surface area (TPSA) is 95.9 Å². The molecule has 9 heteroatoms. The molecule has 2 N–H and O–H groups in total. The summed E-state index contributed by atoms with van der Waals surface area (Å²) >= 11 is 6.07. The van der Waals surface area contributed by atoms with E-state index in [1.807, 2.05) is 48.3 Å². The van der Waals surface area contributed by atoms with Crippen molar-refractivity contribution >= 4 is 44.7 Å². The number of hydrogen-bond acceptors (Lipinski definition) is 5. The molecule has 0 heterocycles. The molecule has 7 nitrogen and oxygen atoms in total. The van der Waals surface area contributed by atoms with Gasteiger partial charge in [-0.25, -0.2) is 13.2 Å². The minimum Gasteiger partial charge on any atom is -0.480 e. The standard InChI is InChI=1S/C21H19ClN2O5S/c1-24(15-7-3-2-4-8-15)19-10-6-5-9-18(19)23-30(27,28)16-11-12-20(17(22)13-16)29-14-21(25)26/h2-13,23H,14H2,1H3,(H,25,26). The Morgan fingerprint density at radius 2 is 1.73 bits per heavy atom. The van der Waals surface area contributed by atoms with Gasteiger partial charge in [-0.1, -0.05) is 41.9 Å². The molecule has 0 aromatic heterocycles. The number of carboxylic acids is 1. The Labute approximate surface area is 179 Å². The Kier molecular flexibility index (Phi) is 6.49. The monoisotopic (exact) mass is 446 g/mol. The van der Waals surface area contributed by atoms with Gasteiger partial charge in [-0.2, -0.15) is 0 Å². The molecule has 3 aromatic rings. The van der Waals surface area contributed by atoms with Gasteiger partial charge >= 0.3 is 5.97 Å². The van der Waals surface area contributed by atoms with Crippen LogP contribution in [-0.2, 0) is 14.8 Å². The summed E-state index contributed by atoms with van der Waals surface area (Å²) in [6.45, 7) is -0.580. The van der Waals surface area contributed by atoms with Crippen molar-refractivity contribution in [3.8, 4) is 5.75 Å². The highest BCUT2D eigenvalue weighted by atomic mass is 35.5. The molecule has 0 spiro atoms. The number of benzene rings is 3. The van der Waals surface area contributed by atoms with Crippen molar-refractivity contribution < 1.29 is 23.1 Å². The number of sulfonamides is 1. The van der Waals surface area contributed by atoms with Crippen molar-refractivity contribution in [1.82, 2.24) is 0 Å². The number of carbonyl (C=O) groups is 1. The molecule has 0 saturated heterocycles. The fourth-order valence-electron chi connectivity index (χ4n) is 2.75. The zero-order chi connectivity index (χ0) is 21.7. The lowest BCUT2D eigenvalue weighted by Gasteiger charge is -2.23. The first kappa shape index (κ1) is 21.5. The molecule has 0 unspecified atom stereocenters. The van der Waals surface area contributed by atoms with Gasteiger partial charge in [0, 0.05) is 12.7 Å². The maximum atomic E-state index is 12.9. The van der Waals surface area contributed by atoms with E-state index in [1.54, 1.807) is 18.2 Å². The summed E-state index contributed by atoms with van der Waals surface area (Å²) in [5.74, 6) is -1.08. The average molecular weight is 447 g/mol. The second kappa shape index (κ2) is 9.06. The summed E-state index contributed by atoms with van der Waals surface area (Å²) in [7, 11) is -2.11. The summed E-state index contributed by atoms with van der Waals surface area (Å²) in [5, 5.41) is 8.68. The van der Waals surface area contributed by atoms with Gasteiger partial charge in [-0.15, -0.1) is 0 Å². The fourth-order valence-corrected chi connectivity index (χ4v) is 4.15. The van der Waals surface area contributed by atoms with Crippen LogP contribution in [0.5, 0.6) is 5.75 Å². The number of ether oxygens (including phenoxy) is 1. The molecule has 0 fully saturated rings. The normalized spacial score (nSPS) is 11.0. The number of carboxylic acid groups (broad SMARTS) is 1. The Morgan fingerprint density at radius 3 is 2.40 bits per heavy atom. The molecule has 3 aromatic carbocycles. The number of aliphatic carboxylic acids is 1. The summed E-state index contributed by atoms with van der Waals surface area (Å²) in [5.41, 5.74) is 1.96. The summed E-state index contributed by atoms with van der Waals surface area (Å²) in [6.07, 6.45) is 0. The van der Waals surface area contributed by atoms with Gasteiger partial charge in [0.2, 0.25) is 0 Å². The van der Waals surface area contributed by atoms with E-state index in [0.29, 0.717) is 11.4 Å². The number of nitrogens with zero attached hydrogens (tertiary/aromatic N) is 1. The van der Waals surface area contributed by atoms with Crippen molar-refractivity contribution in [2.24, 2.45) is 0 Å². The van der Waals surface area contributed by atoms with Crippen molar-refractivity contribution in [3.05, 3.63) is 77.8 Å². The van der Waals surface area contributed by atoms with Crippen LogP contribution in [-0.4, -0.2) is 33.1 Å². The highest BCUT2D eigenvalue weighted by molar-refractivity contribution is 7.92. The quantitative estimate of drug-likeness (QED) is 0.533. The highest BCUT2D eigenvalue weighted by Crippen LogP contribution is 2.33. The maximum Gasteiger partial charge on any atom is 0.341 e. The summed E-state index contributed by atoms with van der Waals surface area (Å²) < 4.78 is 33.5. The summed E-state index contributed by atoms with van der Waals surface area (Å²) in [4.78, 5) is 12.4. The van der Waals surface area contributed by atoms with Crippen molar-refractivity contribution in [2.75, 3.05) is 23.3 Å². The molecule has 0 saturated carbocycles. The predicted octanol–water partition coefficient (Wildman–Crippen LogP) is 4.37. The molecule has 3 rings (SSSR count). The van der Waals surface area contributed by atoms with Gasteiger partial charge in [0.05, 0.1) is 21.3 Å². The van der Waals surface area contributed by atoms with Crippen LogP contribution < -0.4 is 14.4 Å². The molecule has 0 bridgehead atoms. The van der Waals surface area contributed by atoms with Crippen LogP contribution in [0.4, 0.5) is 17.1 Å². The van der Waals surface area contributed by atoms with Crippen LogP contribution >= 0.6 is 11.6 Å². The van der Waals surface area contributed by atoms with Gasteiger partial charge in [0.15, 0.2) is 6.61 Å². The van der Waals surface area contributed by atoms with E-state index in [1.165, 1.54) is 18.2 Å². The number of halogens is 1. The lowest BCUT2D eigenvalue weighted by molar-refractivity contribution is -0.139. The first-order chi connectivity index (χ1) is 14.3. The van der Waals surface area contributed by atoms with E-state index in [-0.39, 0.29) is 15.7 Å². The number of hydrogen-bond donors (Lipinski definition) is 2. The average Bonchev–Trinajstić information content (AvgIpc) is 2.73. The zero-order valence-corrected chi connectivity index (χ0v) is 17.5. The molecule has 156 valence electrons. The third kappa shape index (κ3) is 5.03. The van der Waals surface area contributed by atoms with Gasteiger partial charge in [0.25, 0.3) is 10.0 Å². The van der Waals surface area contributed by atoms with E-state index in [2.05, 4.69) is 4.72 Å². The molecule has 0 aliphatic rings. The molecule has 0 aliphatic carbocycles. The van der Waals surface area contributed by atoms with Crippen molar-refractivity contribution in [1.29, 1.82) is 0 Å². The number of nitrogens with one attached hydrogen (secondary N) is 1. The molecule has 30 heavy (non-hydrogen) atoms. The Balaban J connectivity index is 1.88. The van der Waals surface area contributed by atoms with Gasteiger partial charge in [-0.05, 0) is 42.5 Å². The summed E-state index contributed by atoms with van der Waals surface area (Å²) in [6, 6.07) is 20.4.